The topological polar surface area (TPSA) is 70.6 Å². The molecule has 7 nitrogen and oxygen atoms in total. The monoisotopic (exact) mass is 345 g/mol. The number of nitrogens with one attached hydrogen (secondary N) is 1. The lowest BCUT2D eigenvalue weighted by Gasteiger charge is -2.28. The molecule has 1 aromatic heterocycles. The van der Waals surface area contributed by atoms with Gasteiger partial charge in [-0.3, -0.25) is 4.79 Å². The zero-order chi connectivity index (χ0) is 17.1. The number of nitrogens with zero attached hydrogens (tertiary/aromatic N) is 4. The Morgan fingerprint density at radius 3 is 2.72 bits per heavy atom. The van der Waals surface area contributed by atoms with E-state index in [1.54, 1.807) is 6.33 Å². The van der Waals surface area contributed by atoms with Gasteiger partial charge in [-0.05, 0) is 32.1 Å². The van der Waals surface area contributed by atoms with Gasteiger partial charge in [0, 0.05) is 44.2 Å². The molecule has 0 bridgehead atoms. The number of morpholine rings is 1. The number of carbonyl (C=O) groups excluding carboxylic acids is 1. The molecule has 3 heterocycles. The number of hydrogen-bond donors (Lipinski definition) is 1. The third-order valence-corrected chi connectivity index (χ3v) is 5.54. The number of rotatable bonds is 4. The minimum atomic E-state index is 0.177. The Labute approximate surface area is 148 Å². The van der Waals surface area contributed by atoms with Crippen LogP contribution in [0.2, 0.25) is 0 Å². The maximum Gasteiger partial charge on any atom is 0.225 e. The van der Waals surface area contributed by atoms with Crippen LogP contribution in [0.3, 0.4) is 0 Å². The first-order valence-electron chi connectivity index (χ1n) is 9.49. The highest BCUT2D eigenvalue weighted by Gasteiger charge is 2.33. The van der Waals surface area contributed by atoms with Crippen LogP contribution in [0.25, 0.3) is 0 Å². The average molecular weight is 345 g/mol. The first kappa shape index (κ1) is 16.6. The van der Waals surface area contributed by atoms with Crippen LogP contribution in [-0.4, -0.2) is 66.2 Å². The molecule has 4 rings (SSSR count). The Balaban J connectivity index is 1.34. The number of anilines is 2. The highest BCUT2D eigenvalue weighted by atomic mass is 16.5. The lowest BCUT2D eigenvalue weighted by atomic mass is 10.1. The maximum atomic E-state index is 12.6. The van der Waals surface area contributed by atoms with Crippen molar-refractivity contribution in [3.63, 3.8) is 0 Å². The Bertz CT molecular complexity index is 599. The Morgan fingerprint density at radius 2 is 1.92 bits per heavy atom. The molecule has 25 heavy (non-hydrogen) atoms. The molecular formula is C18H27N5O2. The minimum Gasteiger partial charge on any atom is -0.378 e. The summed E-state index contributed by atoms with van der Waals surface area (Å²) in [5, 5.41) is 3.52. The second-order valence-electron chi connectivity index (χ2n) is 7.24. The van der Waals surface area contributed by atoms with Gasteiger partial charge in [-0.25, -0.2) is 9.97 Å². The third-order valence-electron chi connectivity index (χ3n) is 5.54. The fourth-order valence-electron chi connectivity index (χ4n) is 4.13. The second kappa shape index (κ2) is 7.56. The fourth-order valence-corrected chi connectivity index (χ4v) is 4.13. The van der Waals surface area contributed by atoms with Crippen molar-refractivity contribution in [2.75, 3.05) is 49.6 Å². The number of amides is 1. The van der Waals surface area contributed by atoms with Crippen LogP contribution >= 0.6 is 0 Å². The van der Waals surface area contributed by atoms with Crippen molar-refractivity contribution in [1.82, 2.24) is 14.9 Å². The lowest BCUT2D eigenvalue weighted by molar-refractivity contribution is -0.134. The van der Waals surface area contributed by atoms with Gasteiger partial charge in [-0.2, -0.15) is 0 Å². The zero-order valence-electron chi connectivity index (χ0n) is 14.7. The van der Waals surface area contributed by atoms with E-state index in [2.05, 4.69) is 20.2 Å². The van der Waals surface area contributed by atoms with Crippen molar-refractivity contribution < 1.29 is 9.53 Å². The molecule has 0 spiro atoms. The van der Waals surface area contributed by atoms with Gasteiger partial charge in [0.1, 0.15) is 18.0 Å². The number of aromatic nitrogens is 2. The average Bonchev–Trinajstić information content (AvgIpc) is 3.34. The zero-order valence-corrected chi connectivity index (χ0v) is 14.7. The van der Waals surface area contributed by atoms with Crippen molar-refractivity contribution in [1.29, 1.82) is 0 Å². The summed E-state index contributed by atoms with van der Waals surface area (Å²) in [4.78, 5) is 25.6. The van der Waals surface area contributed by atoms with Gasteiger partial charge < -0.3 is 19.9 Å². The molecular weight excluding hydrogens is 318 g/mol. The number of carbonyl (C=O) groups is 1. The Kier molecular flexibility index (Phi) is 5.01. The first-order valence-corrected chi connectivity index (χ1v) is 9.49. The molecule has 1 amide bonds. The van der Waals surface area contributed by atoms with Gasteiger partial charge in [-0.15, -0.1) is 0 Å². The smallest absolute Gasteiger partial charge is 0.225 e. The Hall–Kier alpha value is -1.89. The summed E-state index contributed by atoms with van der Waals surface area (Å²) in [7, 11) is 0. The third kappa shape index (κ3) is 3.86. The molecule has 136 valence electrons. The van der Waals surface area contributed by atoms with E-state index < -0.39 is 0 Å². The van der Waals surface area contributed by atoms with Crippen molar-refractivity contribution in [3.05, 3.63) is 12.4 Å². The molecule has 0 unspecified atom stereocenters. The van der Waals surface area contributed by atoms with E-state index in [0.717, 1.165) is 83.1 Å². The van der Waals surface area contributed by atoms with Gasteiger partial charge in [0.2, 0.25) is 5.91 Å². The van der Waals surface area contributed by atoms with Crippen LogP contribution in [0.5, 0.6) is 0 Å². The van der Waals surface area contributed by atoms with Crippen LogP contribution < -0.4 is 10.2 Å². The molecule has 1 aromatic rings. The molecule has 7 heteroatoms. The summed E-state index contributed by atoms with van der Waals surface area (Å²) < 4.78 is 5.40. The lowest BCUT2D eigenvalue weighted by Crippen LogP contribution is -2.36. The molecule has 3 aliphatic rings. The molecule has 2 aliphatic heterocycles. The van der Waals surface area contributed by atoms with E-state index >= 15 is 0 Å². The van der Waals surface area contributed by atoms with Crippen molar-refractivity contribution in [2.24, 2.45) is 5.92 Å². The van der Waals surface area contributed by atoms with Crippen molar-refractivity contribution >= 4 is 17.5 Å². The normalized spacial score (nSPS) is 26.9. The molecule has 1 N–H and O–H groups in total. The van der Waals surface area contributed by atoms with Crippen LogP contribution in [-0.2, 0) is 9.53 Å². The molecule has 3 fully saturated rings. The van der Waals surface area contributed by atoms with E-state index in [0.29, 0.717) is 11.9 Å². The van der Waals surface area contributed by atoms with Gasteiger partial charge in [-0.1, -0.05) is 0 Å². The standard InChI is InChI=1S/C18H27N5O2/c24-18(23-5-1-2-6-23)14-3-4-15(11-14)21-16-12-17(20-13-19-16)22-7-9-25-10-8-22/h12-15H,1-11H2,(H,19,20,21)/t14-,15+/m1/s1. The van der Waals surface area contributed by atoms with E-state index in [1.165, 1.54) is 0 Å². The summed E-state index contributed by atoms with van der Waals surface area (Å²) in [6.07, 6.45) is 6.85. The summed E-state index contributed by atoms with van der Waals surface area (Å²) in [5.74, 6) is 2.34. The van der Waals surface area contributed by atoms with Gasteiger partial charge in [0.05, 0.1) is 13.2 Å². The van der Waals surface area contributed by atoms with E-state index in [-0.39, 0.29) is 5.92 Å². The van der Waals surface area contributed by atoms with Crippen LogP contribution in [0.4, 0.5) is 11.6 Å². The number of likely N-dealkylation sites (tertiary alicyclic amines) is 1. The SMILES string of the molecule is O=C([C@@H]1CC[C@H](Nc2cc(N3CCOCC3)ncn2)C1)N1CCCC1. The predicted octanol–water partition coefficient (Wildman–Crippen LogP) is 1.52. The molecule has 2 saturated heterocycles. The summed E-state index contributed by atoms with van der Waals surface area (Å²) in [6, 6.07) is 2.34. The van der Waals surface area contributed by atoms with Crippen LogP contribution in [0.1, 0.15) is 32.1 Å². The highest BCUT2D eigenvalue weighted by molar-refractivity contribution is 5.79. The summed E-state index contributed by atoms with van der Waals surface area (Å²) >= 11 is 0. The summed E-state index contributed by atoms with van der Waals surface area (Å²) in [5.41, 5.74) is 0. The molecule has 1 saturated carbocycles. The number of hydrogen-bond acceptors (Lipinski definition) is 6. The van der Waals surface area contributed by atoms with E-state index in [1.807, 2.05) is 11.0 Å². The largest absolute Gasteiger partial charge is 0.378 e. The van der Waals surface area contributed by atoms with Crippen LogP contribution in [0, 0.1) is 5.92 Å². The van der Waals surface area contributed by atoms with Crippen molar-refractivity contribution in [2.45, 2.75) is 38.1 Å². The predicted molar refractivity (Wildman–Crippen MR) is 95.6 cm³/mol. The van der Waals surface area contributed by atoms with Gasteiger partial charge >= 0.3 is 0 Å². The van der Waals surface area contributed by atoms with Crippen molar-refractivity contribution in [3.8, 4) is 0 Å². The molecule has 1 aliphatic carbocycles. The number of ether oxygens (including phenoxy) is 1. The molecule has 0 radical (unpaired) electrons. The fraction of sp³-hybridized carbons (Fsp3) is 0.722. The maximum absolute atomic E-state index is 12.6. The first-order chi connectivity index (χ1) is 12.3. The van der Waals surface area contributed by atoms with Gasteiger partial charge in [0.25, 0.3) is 0 Å². The quantitative estimate of drug-likeness (QED) is 0.892. The molecule has 2 atom stereocenters. The van der Waals surface area contributed by atoms with E-state index in [9.17, 15) is 4.79 Å². The molecule has 0 aromatic carbocycles. The second-order valence-corrected chi connectivity index (χ2v) is 7.24. The van der Waals surface area contributed by atoms with Crippen LogP contribution in [0.15, 0.2) is 12.4 Å². The minimum absolute atomic E-state index is 0.177. The highest BCUT2D eigenvalue weighted by Crippen LogP contribution is 2.30. The van der Waals surface area contributed by atoms with Gasteiger partial charge in [0.15, 0.2) is 0 Å². The van der Waals surface area contributed by atoms with E-state index in [4.69, 9.17) is 4.74 Å². The summed E-state index contributed by atoms with van der Waals surface area (Å²) in [6.45, 7) is 5.12. The Morgan fingerprint density at radius 1 is 1.12 bits per heavy atom.